The molecule has 0 spiro atoms. The molecule has 1 atom stereocenters. The zero-order valence-electron chi connectivity index (χ0n) is 15.7. The van der Waals surface area contributed by atoms with Crippen molar-refractivity contribution in [3.05, 3.63) is 40.8 Å². The van der Waals surface area contributed by atoms with Crippen LogP contribution in [0.5, 0.6) is 5.75 Å². The van der Waals surface area contributed by atoms with Crippen molar-refractivity contribution in [3.63, 3.8) is 0 Å². The quantitative estimate of drug-likeness (QED) is 0.574. The Morgan fingerprint density at radius 2 is 1.90 bits per heavy atom. The van der Waals surface area contributed by atoms with Crippen molar-refractivity contribution in [2.45, 2.75) is 44.1 Å². The minimum Gasteiger partial charge on any atom is -0.484 e. The lowest BCUT2D eigenvalue weighted by Crippen LogP contribution is -2.45. The Kier molecular flexibility index (Phi) is 7.57. The summed E-state index contributed by atoms with van der Waals surface area (Å²) in [7, 11) is 0. The topological polar surface area (TPSA) is 85.9 Å². The first-order valence-corrected chi connectivity index (χ1v) is 9.59. The molecule has 7 nitrogen and oxygen atoms in total. The summed E-state index contributed by atoms with van der Waals surface area (Å²) in [5, 5.41) is 5.29. The lowest BCUT2D eigenvalue weighted by atomic mass is 9.92. The highest BCUT2D eigenvalue weighted by Crippen LogP contribution is 2.28. The fourth-order valence-corrected chi connectivity index (χ4v) is 3.03. The van der Waals surface area contributed by atoms with E-state index in [4.69, 9.17) is 21.1 Å². The number of rotatable bonds is 10. The monoisotopic (exact) mass is 448 g/mol. The van der Waals surface area contributed by atoms with Crippen molar-refractivity contribution in [1.29, 1.82) is 0 Å². The van der Waals surface area contributed by atoms with Gasteiger partial charge in [0, 0.05) is 31.0 Å². The predicted molar refractivity (Wildman–Crippen MR) is 99.5 cm³/mol. The highest BCUT2D eigenvalue weighted by molar-refractivity contribution is 6.30. The lowest BCUT2D eigenvalue weighted by Gasteiger charge is -2.34. The van der Waals surface area contributed by atoms with Gasteiger partial charge in [-0.1, -0.05) is 11.6 Å². The lowest BCUT2D eigenvalue weighted by molar-refractivity contribution is -0.207. The number of alkyl halides is 2. The number of carbonyl (C=O) groups excluding carboxylic acids is 2. The molecule has 1 aromatic rings. The Morgan fingerprint density at radius 3 is 2.57 bits per heavy atom. The molecule has 1 aromatic carbocycles. The van der Waals surface area contributed by atoms with E-state index >= 15 is 0 Å². The summed E-state index contributed by atoms with van der Waals surface area (Å²) >= 11 is 5.57. The van der Waals surface area contributed by atoms with Gasteiger partial charge in [0.2, 0.25) is 5.91 Å². The van der Waals surface area contributed by atoms with E-state index in [1.165, 1.54) is 12.1 Å². The molecule has 0 saturated heterocycles. The molecular formula is C19H20ClF3N2O5. The van der Waals surface area contributed by atoms with Gasteiger partial charge in [0.15, 0.2) is 6.61 Å². The third kappa shape index (κ3) is 6.61. The number of halogens is 4. The number of nitrogens with one attached hydrogen (secondary N) is 2. The van der Waals surface area contributed by atoms with Gasteiger partial charge in [-0.15, -0.1) is 0 Å². The largest absolute Gasteiger partial charge is 0.484 e. The molecule has 2 aliphatic carbocycles. The standard InChI is InChI=1S/C19H20ClF3N2O5/c20-15-2-1-12(7-16(15)21)28-8-17(26)24-10-3-11(4-10)25-18(27)9-29-13-5-14(6-13)30-19(22)23/h1-3,7,10,13-14,19H,4-6,8-9H2,(H,24,26)(H,25,27). The minimum absolute atomic E-state index is 0.0379. The summed E-state index contributed by atoms with van der Waals surface area (Å²) in [6.45, 7) is -3.28. The van der Waals surface area contributed by atoms with Gasteiger partial charge >= 0.3 is 6.61 Å². The van der Waals surface area contributed by atoms with Crippen molar-refractivity contribution in [1.82, 2.24) is 10.6 Å². The average molecular weight is 449 g/mol. The van der Waals surface area contributed by atoms with E-state index in [2.05, 4.69) is 15.4 Å². The number of amides is 2. The average Bonchev–Trinajstić information content (AvgIpc) is 2.62. The summed E-state index contributed by atoms with van der Waals surface area (Å²) in [4.78, 5) is 23.7. The third-order valence-electron chi connectivity index (χ3n) is 4.55. The Hall–Kier alpha value is -2.30. The Balaban J connectivity index is 1.27. The SMILES string of the molecule is O=C(COC1CC(OC(F)F)C1)NC1=CC(NC(=O)COc2ccc(Cl)c(F)c2)C1. The van der Waals surface area contributed by atoms with E-state index in [0.29, 0.717) is 25.0 Å². The van der Waals surface area contributed by atoms with Crippen LogP contribution >= 0.6 is 11.6 Å². The van der Waals surface area contributed by atoms with Crippen LogP contribution in [0, 0.1) is 5.82 Å². The van der Waals surface area contributed by atoms with Gasteiger partial charge in [-0.3, -0.25) is 9.59 Å². The molecule has 11 heteroatoms. The minimum atomic E-state index is -2.80. The van der Waals surface area contributed by atoms with Gasteiger partial charge in [-0.2, -0.15) is 8.78 Å². The fraction of sp³-hybridized carbons (Fsp3) is 0.474. The summed E-state index contributed by atoms with van der Waals surface area (Å²) < 4.78 is 52.2. The number of benzene rings is 1. The second-order valence-electron chi connectivity index (χ2n) is 6.91. The fourth-order valence-electron chi connectivity index (χ4n) is 2.91. The first kappa shape index (κ1) is 22.4. The van der Waals surface area contributed by atoms with Crippen LogP contribution in [0.2, 0.25) is 5.02 Å². The molecule has 1 unspecified atom stereocenters. The summed E-state index contributed by atoms with van der Waals surface area (Å²) in [6.07, 6.45) is 1.97. The summed E-state index contributed by atoms with van der Waals surface area (Å²) in [6, 6.07) is 3.62. The first-order chi connectivity index (χ1) is 14.3. The van der Waals surface area contributed by atoms with E-state index in [1.807, 2.05) is 0 Å². The number of carbonyl (C=O) groups is 2. The normalized spacial score (nSPS) is 22.6. The molecule has 1 saturated carbocycles. The molecule has 2 amide bonds. The number of hydrogen-bond acceptors (Lipinski definition) is 5. The van der Waals surface area contributed by atoms with Crippen LogP contribution in [0.3, 0.4) is 0 Å². The van der Waals surface area contributed by atoms with Gasteiger partial charge in [-0.25, -0.2) is 4.39 Å². The maximum absolute atomic E-state index is 13.3. The van der Waals surface area contributed by atoms with Crippen molar-refractivity contribution < 1.29 is 37.0 Å². The van der Waals surface area contributed by atoms with Crippen LogP contribution in [-0.2, 0) is 19.1 Å². The van der Waals surface area contributed by atoms with Crippen LogP contribution in [-0.4, -0.2) is 49.9 Å². The van der Waals surface area contributed by atoms with Crippen LogP contribution in [0.1, 0.15) is 19.3 Å². The van der Waals surface area contributed by atoms with Crippen LogP contribution < -0.4 is 15.4 Å². The third-order valence-corrected chi connectivity index (χ3v) is 4.85. The Labute approximate surface area is 175 Å². The van der Waals surface area contributed by atoms with Crippen molar-refractivity contribution in [2.24, 2.45) is 0 Å². The zero-order chi connectivity index (χ0) is 21.7. The van der Waals surface area contributed by atoms with E-state index in [9.17, 15) is 22.8 Å². The first-order valence-electron chi connectivity index (χ1n) is 9.21. The van der Waals surface area contributed by atoms with E-state index in [1.54, 1.807) is 6.08 Å². The molecule has 0 aromatic heterocycles. The van der Waals surface area contributed by atoms with E-state index in [-0.39, 0.29) is 42.0 Å². The molecule has 0 aliphatic heterocycles. The van der Waals surface area contributed by atoms with Crippen LogP contribution in [0.4, 0.5) is 13.2 Å². The summed E-state index contributed by atoms with van der Waals surface area (Å²) in [5.74, 6) is -1.22. The van der Waals surface area contributed by atoms with Gasteiger partial charge in [-0.05, 0) is 18.2 Å². The van der Waals surface area contributed by atoms with Crippen molar-refractivity contribution >= 4 is 23.4 Å². The molecule has 30 heavy (non-hydrogen) atoms. The molecule has 164 valence electrons. The van der Waals surface area contributed by atoms with E-state index < -0.39 is 24.4 Å². The molecule has 1 fully saturated rings. The van der Waals surface area contributed by atoms with Gasteiger partial charge in [0.1, 0.15) is 18.2 Å². The molecule has 3 rings (SSSR count). The Bertz CT molecular complexity index is 817. The predicted octanol–water partition coefficient (Wildman–Crippen LogP) is 2.53. The van der Waals surface area contributed by atoms with Crippen LogP contribution in [0.15, 0.2) is 30.0 Å². The molecule has 2 aliphatic rings. The second kappa shape index (κ2) is 10.1. The van der Waals surface area contributed by atoms with Crippen molar-refractivity contribution in [3.8, 4) is 5.75 Å². The maximum Gasteiger partial charge on any atom is 0.345 e. The van der Waals surface area contributed by atoms with Crippen LogP contribution in [0.25, 0.3) is 0 Å². The van der Waals surface area contributed by atoms with Gasteiger partial charge in [0.05, 0.1) is 23.3 Å². The molecule has 0 bridgehead atoms. The van der Waals surface area contributed by atoms with Gasteiger partial charge < -0.3 is 24.8 Å². The van der Waals surface area contributed by atoms with E-state index in [0.717, 1.165) is 6.07 Å². The molecule has 0 heterocycles. The number of ether oxygens (including phenoxy) is 3. The smallest absolute Gasteiger partial charge is 0.345 e. The zero-order valence-corrected chi connectivity index (χ0v) is 16.5. The number of hydrogen-bond donors (Lipinski definition) is 2. The molecular weight excluding hydrogens is 429 g/mol. The molecule has 2 N–H and O–H groups in total. The second-order valence-corrected chi connectivity index (χ2v) is 7.31. The van der Waals surface area contributed by atoms with Gasteiger partial charge in [0.25, 0.3) is 5.91 Å². The highest BCUT2D eigenvalue weighted by Gasteiger charge is 2.33. The van der Waals surface area contributed by atoms with Crippen molar-refractivity contribution in [2.75, 3.05) is 13.2 Å². The molecule has 0 radical (unpaired) electrons. The Morgan fingerprint density at radius 1 is 1.17 bits per heavy atom. The maximum atomic E-state index is 13.3. The highest BCUT2D eigenvalue weighted by atomic mass is 35.5. The summed E-state index contributed by atoms with van der Waals surface area (Å²) in [5.41, 5.74) is 0.641.